The highest BCUT2D eigenvalue weighted by molar-refractivity contribution is 7.79. The largest absolute Gasteiger partial charge is 0.353 e. The molecule has 0 unspecified atom stereocenters. The van der Waals surface area contributed by atoms with E-state index in [1.54, 1.807) is 18.2 Å². The van der Waals surface area contributed by atoms with Gasteiger partial charge in [0.15, 0.2) is 0 Å². The lowest BCUT2D eigenvalue weighted by Gasteiger charge is -2.00. The van der Waals surface area contributed by atoms with Crippen molar-refractivity contribution in [2.45, 2.75) is 0 Å². The number of anilines is 1. The molecule has 0 aliphatic heterocycles. The summed E-state index contributed by atoms with van der Waals surface area (Å²) in [7, 11) is 0. The van der Waals surface area contributed by atoms with Gasteiger partial charge in [-0.1, -0.05) is 12.2 Å². The second kappa shape index (κ2) is 4.20. The minimum absolute atomic E-state index is 0.351. The third-order valence-electron chi connectivity index (χ3n) is 1.49. The fraction of sp³-hybridized carbons (Fsp3) is 0. The van der Waals surface area contributed by atoms with Crippen molar-refractivity contribution in [3.63, 3.8) is 0 Å². The van der Waals surface area contributed by atoms with Crippen LogP contribution in [0.5, 0.6) is 0 Å². The molecule has 1 N–H and O–H groups in total. The SMILES string of the molecule is N#Cc1ccc(NC=S)cc1C#N. The van der Waals surface area contributed by atoms with Crippen molar-refractivity contribution in [3.05, 3.63) is 29.3 Å². The van der Waals surface area contributed by atoms with Crippen molar-refractivity contribution in [1.29, 1.82) is 10.5 Å². The van der Waals surface area contributed by atoms with E-state index in [-0.39, 0.29) is 0 Å². The maximum Gasteiger partial charge on any atom is 0.101 e. The first-order chi connectivity index (χ1) is 6.31. The summed E-state index contributed by atoms with van der Waals surface area (Å²) in [5.74, 6) is 0. The van der Waals surface area contributed by atoms with Crippen molar-refractivity contribution >= 4 is 23.4 Å². The third-order valence-corrected chi connectivity index (χ3v) is 1.60. The lowest BCUT2D eigenvalue weighted by molar-refractivity contribution is 1.43. The van der Waals surface area contributed by atoms with Crippen LogP contribution in [0, 0.1) is 22.7 Å². The normalized spacial score (nSPS) is 8.15. The number of benzene rings is 1. The second-order valence-corrected chi connectivity index (χ2v) is 2.48. The first-order valence-electron chi connectivity index (χ1n) is 3.46. The van der Waals surface area contributed by atoms with E-state index in [9.17, 15) is 0 Å². The van der Waals surface area contributed by atoms with Crippen LogP contribution in [-0.4, -0.2) is 5.49 Å². The summed E-state index contributed by atoms with van der Waals surface area (Å²) in [4.78, 5) is 0. The predicted octanol–water partition coefficient (Wildman–Crippen LogP) is 1.80. The van der Waals surface area contributed by atoms with Gasteiger partial charge in [-0.2, -0.15) is 10.5 Å². The number of nitrogens with zero attached hydrogens (tertiary/aromatic N) is 2. The lowest BCUT2D eigenvalue weighted by atomic mass is 10.1. The summed E-state index contributed by atoms with van der Waals surface area (Å²) >= 11 is 4.59. The number of hydrogen-bond acceptors (Lipinski definition) is 3. The van der Waals surface area contributed by atoms with Gasteiger partial charge < -0.3 is 5.32 Å². The molecule has 0 fully saturated rings. The number of rotatable bonds is 2. The van der Waals surface area contributed by atoms with E-state index >= 15 is 0 Å². The first-order valence-corrected chi connectivity index (χ1v) is 3.93. The molecule has 62 valence electrons. The summed E-state index contributed by atoms with van der Waals surface area (Å²) in [6.07, 6.45) is 0. The molecule has 0 amide bonds. The van der Waals surface area contributed by atoms with Gasteiger partial charge in [0.25, 0.3) is 0 Å². The minimum Gasteiger partial charge on any atom is -0.353 e. The van der Waals surface area contributed by atoms with Gasteiger partial charge in [-0.15, -0.1) is 0 Å². The zero-order valence-electron chi connectivity index (χ0n) is 6.61. The molecular formula is C9H5N3S. The van der Waals surface area contributed by atoms with Crippen molar-refractivity contribution in [2.24, 2.45) is 0 Å². The van der Waals surface area contributed by atoms with Crippen LogP contribution in [0.4, 0.5) is 5.69 Å². The quantitative estimate of drug-likeness (QED) is 0.717. The highest BCUT2D eigenvalue weighted by Gasteiger charge is 2.00. The van der Waals surface area contributed by atoms with Crippen molar-refractivity contribution in [2.75, 3.05) is 5.32 Å². The number of thiocarbonyl (C=S) groups is 1. The number of nitriles is 2. The molecule has 1 aromatic rings. The Bertz CT molecular complexity index is 412. The Labute approximate surface area is 81.2 Å². The molecule has 0 atom stereocenters. The molecule has 0 saturated carbocycles. The number of nitrogens with one attached hydrogen (secondary N) is 1. The monoisotopic (exact) mass is 187 g/mol. The van der Waals surface area contributed by atoms with Crippen LogP contribution in [0.15, 0.2) is 18.2 Å². The van der Waals surface area contributed by atoms with Crippen molar-refractivity contribution in [3.8, 4) is 12.1 Å². The zero-order valence-corrected chi connectivity index (χ0v) is 7.43. The Morgan fingerprint density at radius 1 is 1.23 bits per heavy atom. The van der Waals surface area contributed by atoms with E-state index in [0.717, 1.165) is 0 Å². The van der Waals surface area contributed by atoms with E-state index < -0.39 is 0 Å². The molecule has 0 aliphatic carbocycles. The summed E-state index contributed by atoms with van der Waals surface area (Å²) in [5, 5.41) is 20.1. The highest BCUT2D eigenvalue weighted by Crippen LogP contribution is 2.13. The molecule has 1 rings (SSSR count). The Balaban J connectivity index is 3.16. The van der Waals surface area contributed by atoms with Crippen LogP contribution in [0.3, 0.4) is 0 Å². The highest BCUT2D eigenvalue weighted by atomic mass is 32.1. The van der Waals surface area contributed by atoms with Crippen LogP contribution in [0.1, 0.15) is 11.1 Å². The Kier molecular flexibility index (Phi) is 2.97. The molecule has 0 bridgehead atoms. The van der Waals surface area contributed by atoms with Gasteiger partial charge in [-0.3, -0.25) is 0 Å². The standard InChI is InChI=1S/C9H5N3S/c10-4-7-1-2-9(12-6-13)3-8(7)5-11/h1-3,6H,(H,12,13). The van der Waals surface area contributed by atoms with Crippen molar-refractivity contribution < 1.29 is 0 Å². The van der Waals surface area contributed by atoms with Crippen molar-refractivity contribution in [1.82, 2.24) is 0 Å². The predicted molar refractivity (Wildman–Crippen MR) is 53.1 cm³/mol. The van der Waals surface area contributed by atoms with E-state index in [4.69, 9.17) is 10.5 Å². The topological polar surface area (TPSA) is 59.6 Å². The molecule has 0 spiro atoms. The summed E-state index contributed by atoms with van der Waals surface area (Å²) in [6, 6.07) is 8.73. The molecule has 0 saturated heterocycles. The van der Waals surface area contributed by atoms with Gasteiger partial charge in [-0.05, 0) is 18.2 Å². The summed E-state index contributed by atoms with van der Waals surface area (Å²) in [6.45, 7) is 0. The van der Waals surface area contributed by atoms with Crippen LogP contribution in [0.2, 0.25) is 0 Å². The molecule has 13 heavy (non-hydrogen) atoms. The van der Waals surface area contributed by atoms with Gasteiger partial charge in [0.1, 0.15) is 12.1 Å². The average Bonchev–Trinajstić information content (AvgIpc) is 2.18. The van der Waals surface area contributed by atoms with Crippen LogP contribution in [0.25, 0.3) is 0 Å². The maximum absolute atomic E-state index is 8.68. The Hall–Kier alpha value is -1.91. The fourth-order valence-corrected chi connectivity index (χ4v) is 1.03. The van der Waals surface area contributed by atoms with Gasteiger partial charge in [0.05, 0.1) is 16.6 Å². The van der Waals surface area contributed by atoms with Gasteiger partial charge in [-0.25, -0.2) is 0 Å². The van der Waals surface area contributed by atoms with Crippen LogP contribution >= 0.6 is 12.2 Å². The van der Waals surface area contributed by atoms with Crippen LogP contribution in [-0.2, 0) is 0 Å². The average molecular weight is 187 g/mol. The summed E-state index contributed by atoms with van der Waals surface area (Å²) in [5.41, 5.74) is 2.79. The molecule has 4 heteroatoms. The van der Waals surface area contributed by atoms with E-state index in [1.807, 2.05) is 12.1 Å². The molecule has 3 nitrogen and oxygen atoms in total. The van der Waals surface area contributed by atoms with Gasteiger partial charge in [0, 0.05) is 5.69 Å². The molecule has 0 heterocycles. The smallest absolute Gasteiger partial charge is 0.101 e. The zero-order chi connectivity index (χ0) is 9.68. The fourth-order valence-electron chi connectivity index (χ4n) is 0.892. The van der Waals surface area contributed by atoms with Gasteiger partial charge in [0.2, 0.25) is 0 Å². The van der Waals surface area contributed by atoms with Crippen LogP contribution < -0.4 is 5.32 Å². The maximum atomic E-state index is 8.68. The summed E-state index contributed by atoms with van der Waals surface area (Å²) < 4.78 is 0. The lowest BCUT2D eigenvalue weighted by Crippen LogP contribution is -1.93. The Morgan fingerprint density at radius 2 is 1.92 bits per heavy atom. The number of hydrogen-bond donors (Lipinski definition) is 1. The van der Waals surface area contributed by atoms with E-state index in [0.29, 0.717) is 16.8 Å². The molecule has 1 aromatic carbocycles. The molecule has 0 radical (unpaired) electrons. The Morgan fingerprint density at radius 3 is 2.46 bits per heavy atom. The van der Waals surface area contributed by atoms with E-state index in [2.05, 4.69) is 17.5 Å². The second-order valence-electron chi connectivity index (χ2n) is 2.25. The molecule has 0 aliphatic rings. The third kappa shape index (κ3) is 2.02. The van der Waals surface area contributed by atoms with E-state index in [1.165, 1.54) is 5.49 Å². The first kappa shape index (κ1) is 9.18. The minimum atomic E-state index is 0.351. The van der Waals surface area contributed by atoms with Gasteiger partial charge >= 0.3 is 0 Å². The molecular weight excluding hydrogens is 182 g/mol. The molecule has 0 aromatic heterocycles.